The summed E-state index contributed by atoms with van der Waals surface area (Å²) in [5.74, 6) is -0.508. The summed E-state index contributed by atoms with van der Waals surface area (Å²) in [7, 11) is 0. The van der Waals surface area contributed by atoms with Crippen molar-refractivity contribution >= 4 is 29.3 Å². The molecule has 1 fully saturated rings. The van der Waals surface area contributed by atoms with Crippen molar-refractivity contribution in [3.05, 3.63) is 59.7 Å². The highest BCUT2D eigenvalue weighted by atomic mass is 32.2. The van der Waals surface area contributed by atoms with Gasteiger partial charge in [0.1, 0.15) is 11.6 Å². The minimum atomic E-state index is -0.562. The van der Waals surface area contributed by atoms with Crippen LogP contribution in [0, 0.1) is 18.6 Å². The van der Waals surface area contributed by atoms with Gasteiger partial charge in [-0.2, -0.15) is 0 Å². The lowest BCUT2D eigenvalue weighted by Crippen LogP contribution is -2.38. The molecular weight excluding hydrogens is 436 g/mol. The van der Waals surface area contributed by atoms with Crippen molar-refractivity contribution in [2.75, 3.05) is 36.5 Å². The summed E-state index contributed by atoms with van der Waals surface area (Å²) in [6.07, 6.45) is 0. The molecule has 0 aliphatic carbocycles. The molecule has 3 aromatic rings. The smallest absolute Gasteiger partial charge is 0.237 e. The van der Waals surface area contributed by atoms with Crippen LogP contribution >= 0.6 is 11.8 Å². The molecule has 1 N–H and O–H groups in total. The predicted molar refractivity (Wildman–Crippen MR) is 119 cm³/mol. The number of thioether (sulfide) groups is 1. The number of hydrogen-bond donors (Lipinski definition) is 1. The first-order chi connectivity index (χ1) is 15.4. The number of amides is 1. The Labute approximate surface area is 188 Å². The highest BCUT2D eigenvalue weighted by Crippen LogP contribution is 2.30. The van der Waals surface area contributed by atoms with Crippen molar-refractivity contribution in [2.24, 2.45) is 0 Å². The molecule has 168 valence electrons. The van der Waals surface area contributed by atoms with Crippen LogP contribution in [-0.4, -0.2) is 52.2 Å². The van der Waals surface area contributed by atoms with Crippen molar-refractivity contribution < 1.29 is 18.3 Å². The third-order valence-electron chi connectivity index (χ3n) is 5.07. The van der Waals surface area contributed by atoms with E-state index in [1.165, 1.54) is 30.0 Å². The molecule has 4 rings (SSSR count). The molecule has 10 heteroatoms. The van der Waals surface area contributed by atoms with E-state index >= 15 is 0 Å². The molecule has 1 aromatic heterocycles. The fourth-order valence-corrected chi connectivity index (χ4v) is 4.14. The Hall–Kier alpha value is -2.98. The second-order valence-corrected chi connectivity index (χ2v) is 8.72. The Bertz CT molecular complexity index is 1120. The van der Waals surface area contributed by atoms with E-state index in [0.717, 1.165) is 0 Å². The largest absolute Gasteiger partial charge is 0.378 e. The monoisotopic (exact) mass is 459 g/mol. The van der Waals surface area contributed by atoms with Gasteiger partial charge in [0, 0.05) is 18.8 Å². The summed E-state index contributed by atoms with van der Waals surface area (Å²) in [6, 6.07) is 10.7. The van der Waals surface area contributed by atoms with Crippen LogP contribution in [0.1, 0.15) is 12.5 Å². The number of rotatable bonds is 6. The molecule has 0 radical (unpaired) electrons. The molecule has 7 nitrogen and oxygen atoms in total. The number of nitrogens with zero attached hydrogens (tertiary/aromatic N) is 4. The maximum absolute atomic E-state index is 14.0. The van der Waals surface area contributed by atoms with Gasteiger partial charge in [0.2, 0.25) is 11.9 Å². The number of halogens is 2. The summed E-state index contributed by atoms with van der Waals surface area (Å²) in [6.45, 7) is 5.77. The Kier molecular flexibility index (Phi) is 6.71. The lowest BCUT2D eigenvalue weighted by Gasteiger charge is -2.28. The predicted octanol–water partition coefficient (Wildman–Crippen LogP) is 3.81. The van der Waals surface area contributed by atoms with Gasteiger partial charge in [-0.3, -0.25) is 9.36 Å². The number of ether oxygens (including phenoxy) is 1. The van der Waals surface area contributed by atoms with Gasteiger partial charge in [0.25, 0.3) is 0 Å². The first-order valence-corrected chi connectivity index (χ1v) is 11.1. The minimum Gasteiger partial charge on any atom is -0.378 e. The van der Waals surface area contributed by atoms with Gasteiger partial charge in [0.05, 0.1) is 24.2 Å². The highest BCUT2D eigenvalue weighted by molar-refractivity contribution is 8.00. The van der Waals surface area contributed by atoms with E-state index in [2.05, 4.69) is 15.5 Å². The van der Waals surface area contributed by atoms with Gasteiger partial charge in [0.15, 0.2) is 5.16 Å². The van der Waals surface area contributed by atoms with Gasteiger partial charge < -0.3 is 15.0 Å². The minimum absolute atomic E-state index is 0.306. The SMILES string of the molecule is Cc1ccc(NC(=O)C(C)Sc2nnc(N3CCOCC3)n2-c2cccc(F)c2)cc1F. The standard InChI is InChI=1S/C22H23F2N5O2S/c1-14-6-7-17(13-19(14)24)25-20(30)15(2)32-22-27-26-21(28-8-10-31-11-9-28)29(22)18-5-3-4-16(23)12-18/h3-7,12-13,15H,8-11H2,1-2H3,(H,25,30). The lowest BCUT2D eigenvalue weighted by molar-refractivity contribution is -0.115. The third kappa shape index (κ3) is 4.91. The highest BCUT2D eigenvalue weighted by Gasteiger charge is 2.25. The number of anilines is 2. The zero-order chi connectivity index (χ0) is 22.7. The van der Waals surface area contributed by atoms with E-state index in [1.807, 2.05) is 4.90 Å². The Morgan fingerprint density at radius 1 is 1.16 bits per heavy atom. The summed E-state index contributed by atoms with van der Waals surface area (Å²) in [5.41, 5.74) is 1.45. The van der Waals surface area contributed by atoms with E-state index < -0.39 is 5.25 Å². The van der Waals surface area contributed by atoms with Gasteiger partial charge in [-0.1, -0.05) is 23.9 Å². The molecule has 0 saturated carbocycles. The zero-order valence-electron chi connectivity index (χ0n) is 17.7. The number of nitrogens with one attached hydrogen (secondary N) is 1. The molecule has 1 amide bonds. The van der Waals surface area contributed by atoms with Crippen LogP contribution in [0.5, 0.6) is 0 Å². The van der Waals surface area contributed by atoms with E-state index in [4.69, 9.17) is 4.74 Å². The van der Waals surface area contributed by atoms with E-state index in [-0.39, 0.29) is 17.5 Å². The van der Waals surface area contributed by atoms with Crippen LogP contribution < -0.4 is 10.2 Å². The average Bonchev–Trinajstić information content (AvgIpc) is 3.20. The van der Waals surface area contributed by atoms with Crippen LogP contribution in [0.3, 0.4) is 0 Å². The maximum Gasteiger partial charge on any atom is 0.237 e. The number of aromatic nitrogens is 3. The lowest BCUT2D eigenvalue weighted by atomic mass is 10.2. The van der Waals surface area contributed by atoms with Crippen LogP contribution in [0.4, 0.5) is 20.4 Å². The van der Waals surface area contributed by atoms with E-state index in [9.17, 15) is 13.6 Å². The maximum atomic E-state index is 14.0. The third-order valence-corrected chi connectivity index (χ3v) is 6.11. The second kappa shape index (κ2) is 9.66. The molecule has 32 heavy (non-hydrogen) atoms. The Morgan fingerprint density at radius 3 is 2.66 bits per heavy atom. The van der Waals surface area contributed by atoms with Crippen molar-refractivity contribution in [2.45, 2.75) is 24.3 Å². The Balaban J connectivity index is 1.58. The zero-order valence-corrected chi connectivity index (χ0v) is 18.5. The number of morpholine rings is 1. The molecule has 1 unspecified atom stereocenters. The summed E-state index contributed by atoms with van der Waals surface area (Å²) in [4.78, 5) is 14.7. The molecule has 1 saturated heterocycles. The first-order valence-electron chi connectivity index (χ1n) is 10.2. The number of hydrogen-bond acceptors (Lipinski definition) is 6. The molecular formula is C22H23F2N5O2S. The van der Waals surface area contributed by atoms with Gasteiger partial charge in [-0.05, 0) is 49.7 Å². The van der Waals surface area contributed by atoms with Crippen LogP contribution in [0.15, 0.2) is 47.6 Å². The van der Waals surface area contributed by atoms with Crippen molar-refractivity contribution in [3.8, 4) is 5.69 Å². The fourth-order valence-electron chi connectivity index (χ4n) is 3.27. The average molecular weight is 460 g/mol. The molecule has 2 heterocycles. The molecule has 1 aliphatic rings. The second-order valence-electron chi connectivity index (χ2n) is 7.41. The van der Waals surface area contributed by atoms with Crippen molar-refractivity contribution in [1.82, 2.24) is 14.8 Å². The Morgan fingerprint density at radius 2 is 1.94 bits per heavy atom. The first kappa shape index (κ1) is 22.2. The number of benzene rings is 2. The summed E-state index contributed by atoms with van der Waals surface area (Å²) in [5, 5.41) is 11.2. The van der Waals surface area contributed by atoms with Gasteiger partial charge in [-0.15, -0.1) is 10.2 Å². The van der Waals surface area contributed by atoms with Gasteiger partial charge >= 0.3 is 0 Å². The molecule has 0 spiro atoms. The molecule has 1 atom stereocenters. The van der Waals surface area contributed by atoms with Crippen LogP contribution in [0.25, 0.3) is 5.69 Å². The molecule has 0 bridgehead atoms. The molecule has 1 aliphatic heterocycles. The van der Waals surface area contributed by atoms with Crippen LogP contribution in [-0.2, 0) is 9.53 Å². The quantitative estimate of drug-likeness (QED) is 0.566. The summed E-state index contributed by atoms with van der Waals surface area (Å²) >= 11 is 1.19. The molecule has 2 aromatic carbocycles. The van der Waals surface area contributed by atoms with Crippen molar-refractivity contribution in [1.29, 1.82) is 0 Å². The van der Waals surface area contributed by atoms with E-state index in [0.29, 0.717) is 54.3 Å². The van der Waals surface area contributed by atoms with Gasteiger partial charge in [-0.25, -0.2) is 8.78 Å². The fraction of sp³-hybridized carbons (Fsp3) is 0.318. The number of carbonyl (C=O) groups is 1. The topological polar surface area (TPSA) is 72.3 Å². The normalized spacial score (nSPS) is 14.9. The summed E-state index contributed by atoms with van der Waals surface area (Å²) < 4.78 is 34.9. The number of aryl methyl sites for hydroxylation is 1. The number of carbonyl (C=O) groups excluding carboxylic acids is 1. The van der Waals surface area contributed by atoms with E-state index in [1.54, 1.807) is 42.7 Å². The van der Waals surface area contributed by atoms with Crippen molar-refractivity contribution in [3.63, 3.8) is 0 Å². The van der Waals surface area contributed by atoms with Crippen LogP contribution in [0.2, 0.25) is 0 Å².